The molecule has 0 unspecified atom stereocenters. The maximum absolute atomic E-state index is 12.3. The molecule has 5 nitrogen and oxygen atoms in total. The van der Waals surface area contributed by atoms with E-state index in [0.717, 1.165) is 5.69 Å². The molecule has 1 N–H and O–H groups in total. The SMILES string of the molecule is CC(=O)N(CC(=O)Nc1cc(Cl)ccc1Cl)c1ccc(N(C)C)cc1. The minimum atomic E-state index is -0.365. The van der Waals surface area contributed by atoms with Gasteiger partial charge in [0.1, 0.15) is 6.54 Å². The summed E-state index contributed by atoms with van der Waals surface area (Å²) in [5, 5.41) is 3.52. The first-order chi connectivity index (χ1) is 11.8. The number of rotatable bonds is 5. The lowest BCUT2D eigenvalue weighted by Gasteiger charge is -2.22. The van der Waals surface area contributed by atoms with Crippen LogP contribution in [0.4, 0.5) is 17.1 Å². The van der Waals surface area contributed by atoms with Crippen LogP contribution < -0.4 is 15.1 Å². The number of carbonyl (C=O) groups is 2. The quantitative estimate of drug-likeness (QED) is 0.852. The molecule has 0 saturated carbocycles. The van der Waals surface area contributed by atoms with Gasteiger partial charge in [0.2, 0.25) is 11.8 Å². The molecule has 25 heavy (non-hydrogen) atoms. The van der Waals surface area contributed by atoms with Crippen LogP contribution in [0.3, 0.4) is 0 Å². The van der Waals surface area contributed by atoms with E-state index in [4.69, 9.17) is 23.2 Å². The van der Waals surface area contributed by atoms with Gasteiger partial charge in [-0.05, 0) is 42.5 Å². The first-order valence-electron chi connectivity index (χ1n) is 7.58. The first-order valence-corrected chi connectivity index (χ1v) is 8.34. The molecule has 7 heteroatoms. The molecule has 0 aliphatic carbocycles. The lowest BCUT2D eigenvalue weighted by atomic mass is 10.2. The average Bonchev–Trinajstić information content (AvgIpc) is 2.56. The van der Waals surface area contributed by atoms with Gasteiger partial charge in [-0.3, -0.25) is 9.59 Å². The van der Waals surface area contributed by atoms with Crippen molar-refractivity contribution in [3.63, 3.8) is 0 Å². The highest BCUT2D eigenvalue weighted by atomic mass is 35.5. The smallest absolute Gasteiger partial charge is 0.244 e. The van der Waals surface area contributed by atoms with Gasteiger partial charge in [-0.2, -0.15) is 0 Å². The van der Waals surface area contributed by atoms with Crippen molar-refractivity contribution in [1.82, 2.24) is 0 Å². The third-order valence-corrected chi connectivity index (χ3v) is 4.13. The van der Waals surface area contributed by atoms with Crippen molar-refractivity contribution in [2.75, 3.05) is 35.8 Å². The molecule has 0 spiro atoms. The zero-order valence-corrected chi connectivity index (χ0v) is 15.7. The van der Waals surface area contributed by atoms with Crippen LogP contribution in [0.2, 0.25) is 10.0 Å². The topological polar surface area (TPSA) is 52.7 Å². The summed E-state index contributed by atoms with van der Waals surface area (Å²) in [7, 11) is 3.86. The number of nitrogens with zero attached hydrogens (tertiary/aromatic N) is 2. The predicted molar refractivity (Wildman–Crippen MR) is 104 cm³/mol. The summed E-state index contributed by atoms with van der Waals surface area (Å²) in [4.78, 5) is 27.6. The number of hydrogen-bond acceptors (Lipinski definition) is 3. The van der Waals surface area contributed by atoms with Gasteiger partial charge < -0.3 is 15.1 Å². The summed E-state index contributed by atoms with van der Waals surface area (Å²) in [6, 6.07) is 12.2. The summed E-state index contributed by atoms with van der Waals surface area (Å²) in [6.07, 6.45) is 0. The Morgan fingerprint density at radius 1 is 1.00 bits per heavy atom. The van der Waals surface area contributed by atoms with Gasteiger partial charge in [0, 0.05) is 37.4 Å². The van der Waals surface area contributed by atoms with E-state index in [1.165, 1.54) is 11.8 Å². The predicted octanol–water partition coefficient (Wildman–Crippen LogP) is 4.05. The van der Waals surface area contributed by atoms with Crippen molar-refractivity contribution in [3.05, 3.63) is 52.5 Å². The fourth-order valence-electron chi connectivity index (χ4n) is 2.24. The number of nitrogens with one attached hydrogen (secondary N) is 1. The molecule has 2 aromatic carbocycles. The van der Waals surface area contributed by atoms with Gasteiger partial charge in [0.15, 0.2) is 0 Å². The van der Waals surface area contributed by atoms with Crippen LogP contribution in [0.25, 0.3) is 0 Å². The van der Waals surface area contributed by atoms with E-state index in [1.807, 2.05) is 31.1 Å². The summed E-state index contributed by atoms with van der Waals surface area (Å²) >= 11 is 12.0. The van der Waals surface area contributed by atoms with Crippen molar-refractivity contribution < 1.29 is 9.59 Å². The van der Waals surface area contributed by atoms with E-state index in [-0.39, 0.29) is 18.4 Å². The normalized spacial score (nSPS) is 10.3. The van der Waals surface area contributed by atoms with Gasteiger partial charge in [-0.1, -0.05) is 23.2 Å². The maximum Gasteiger partial charge on any atom is 0.244 e. The summed E-state index contributed by atoms with van der Waals surface area (Å²) in [5.41, 5.74) is 2.05. The Labute approximate surface area is 157 Å². The van der Waals surface area contributed by atoms with Crippen molar-refractivity contribution >= 4 is 52.1 Å². The molecule has 0 aliphatic heterocycles. The van der Waals surface area contributed by atoms with E-state index in [9.17, 15) is 9.59 Å². The minimum absolute atomic E-state index is 0.126. The molecule has 0 atom stereocenters. The Kier molecular flexibility index (Phi) is 6.28. The molecule has 0 fully saturated rings. The number of amides is 2. The lowest BCUT2D eigenvalue weighted by Crippen LogP contribution is -2.36. The van der Waals surface area contributed by atoms with Gasteiger partial charge in [-0.25, -0.2) is 0 Å². The van der Waals surface area contributed by atoms with E-state index >= 15 is 0 Å². The number of carbonyl (C=O) groups excluding carboxylic acids is 2. The summed E-state index contributed by atoms with van der Waals surface area (Å²) in [5.74, 6) is -0.596. The molecule has 0 aromatic heterocycles. The van der Waals surface area contributed by atoms with Crippen molar-refractivity contribution in [1.29, 1.82) is 0 Å². The molecule has 0 heterocycles. The number of halogens is 2. The molecule has 132 valence electrons. The van der Waals surface area contributed by atoms with E-state index in [1.54, 1.807) is 30.3 Å². The molecule has 0 radical (unpaired) electrons. The van der Waals surface area contributed by atoms with E-state index < -0.39 is 0 Å². The highest BCUT2D eigenvalue weighted by Gasteiger charge is 2.17. The highest BCUT2D eigenvalue weighted by molar-refractivity contribution is 6.35. The molecule has 0 bridgehead atoms. The van der Waals surface area contributed by atoms with Crippen LogP contribution in [0, 0.1) is 0 Å². The standard InChI is InChI=1S/C18H19Cl2N3O2/c1-12(24)23(15-7-5-14(6-8-15)22(2)3)11-18(25)21-17-10-13(19)4-9-16(17)20/h4-10H,11H2,1-3H3,(H,21,25). The Bertz CT molecular complexity index is 776. The van der Waals surface area contributed by atoms with Crippen LogP contribution >= 0.6 is 23.2 Å². The molecule has 2 amide bonds. The van der Waals surface area contributed by atoms with Gasteiger partial charge in [0.25, 0.3) is 0 Å². The zero-order chi connectivity index (χ0) is 18.6. The van der Waals surface area contributed by atoms with E-state index in [0.29, 0.717) is 21.4 Å². The molecule has 2 rings (SSSR count). The molecular weight excluding hydrogens is 361 g/mol. The molecule has 0 aliphatic rings. The maximum atomic E-state index is 12.3. The van der Waals surface area contributed by atoms with Gasteiger partial charge in [-0.15, -0.1) is 0 Å². The summed E-state index contributed by atoms with van der Waals surface area (Å²) < 4.78 is 0. The van der Waals surface area contributed by atoms with Crippen molar-refractivity contribution in [2.24, 2.45) is 0 Å². The van der Waals surface area contributed by atoms with Crippen molar-refractivity contribution in [3.8, 4) is 0 Å². The Morgan fingerprint density at radius 2 is 1.60 bits per heavy atom. The molecular formula is C18H19Cl2N3O2. The van der Waals surface area contributed by atoms with Crippen LogP contribution in [-0.4, -0.2) is 32.5 Å². The number of anilines is 3. The second-order valence-corrected chi connectivity index (χ2v) is 6.53. The Morgan fingerprint density at radius 3 is 2.16 bits per heavy atom. The van der Waals surface area contributed by atoms with Crippen LogP contribution in [0.15, 0.2) is 42.5 Å². The van der Waals surface area contributed by atoms with Crippen LogP contribution in [0.5, 0.6) is 0 Å². The van der Waals surface area contributed by atoms with Gasteiger partial charge >= 0.3 is 0 Å². The average molecular weight is 380 g/mol. The van der Waals surface area contributed by atoms with E-state index in [2.05, 4.69) is 5.32 Å². The molecule has 0 saturated heterocycles. The molecule has 2 aromatic rings. The second kappa shape index (κ2) is 8.23. The minimum Gasteiger partial charge on any atom is -0.378 e. The fraction of sp³-hybridized carbons (Fsp3) is 0.222. The number of benzene rings is 2. The van der Waals surface area contributed by atoms with Crippen LogP contribution in [0.1, 0.15) is 6.92 Å². The van der Waals surface area contributed by atoms with Crippen molar-refractivity contribution in [2.45, 2.75) is 6.92 Å². The zero-order valence-electron chi connectivity index (χ0n) is 14.2. The third kappa shape index (κ3) is 5.11. The van der Waals surface area contributed by atoms with Crippen LogP contribution in [-0.2, 0) is 9.59 Å². The highest BCUT2D eigenvalue weighted by Crippen LogP contribution is 2.25. The largest absolute Gasteiger partial charge is 0.378 e. The third-order valence-electron chi connectivity index (χ3n) is 3.56. The van der Waals surface area contributed by atoms with Gasteiger partial charge in [0.05, 0.1) is 10.7 Å². The fourth-order valence-corrected chi connectivity index (χ4v) is 2.58. The number of hydrogen-bond donors (Lipinski definition) is 1. The second-order valence-electron chi connectivity index (χ2n) is 5.69. The Hall–Kier alpha value is -2.24. The first kappa shape index (κ1) is 19.1. The summed E-state index contributed by atoms with van der Waals surface area (Å²) in [6.45, 7) is 1.29. The monoisotopic (exact) mass is 379 g/mol. The lowest BCUT2D eigenvalue weighted by molar-refractivity contribution is -0.120. The Balaban J connectivity index is 2.14.